The van der Waals surface area contributed by atoms with Gasteiger partial charge in [-0.3, -0.25) is 9.59 Å². The first-order chi connectivity index (χ1) is 23.5. The number of hydrogen-bond donors (Lipinski definition) is 7. The highest BCUT2D eigenvalue weighted by atomic mass is 16.7. The summed E-state index contributed by atoms with van der Waals surface area (Å²) in [5, 5.41) is 70.8. The molecule has 0 aromatic heterocycles. The van der Waals surface area contributed by atoms with Gasteiger partial charge in [-0.25, -0.2) is 0 Å². The van der Waals surface area contributed by atoms with E-state index in [1.54, 1.807) is 6.92 Å². The Balaban J connectivity index is 1.87. The molecule has 0 bridgehead atoms. The van der Waals surface area contributed by atoms with E-state index in [4.69, 9.17) is 28.4 Å². The van der Waals surface area contributed by atoms with Crippen LogP contribution in [0.5, 0.6) is 0 Å². The smallest absolute Gasteiger partial charge is 0.306 e. The third kappa shape index (κ3) is 15.1. The average Bonchev–Trinajstić information content (AvgIpc) is 3.10. The van der Waals surface area contributed by atoms with Crippen molar-refractivity contribution in [3.8, 4) is 0 Å². The van der Waals surface area contributed by atoms with E-state index in [2.05, 4.69) is 37.3 Å². The van der Waals surface area contributed by atoms with Gasteiger partial charge < -0.3 is 64.2 Å². The molecule has 2 saturated heterocycles. The summed E-state index contributed by atoms with van der Waals surface area (Å²) < 4.78 is 32.4. The highest BCUT2D eigenvalue weighted by Crippen LogP contribution is 2.26. The first kappa shape index (κ1) is 42.6. The lowest BCUT2D eigenvalue weighted by atomic mass is 9.98. The molecule has 280 valence electrons. The first-order valence-corrected chi connectivity index (χ1v) is 16.7. The Hall–Kier alpha value is -2.54. The lowest BCUT2D eigenvalue weighted by Crippen LogP contribution is -2.61. The van der Waals surface area contributed by atoms with E-state index in [9.17, 15) is 45.3 Å². The summed E-state index contributed by atoms with van der Waals surface area (Å²) in [7, 11) is 0. The average molecular weight is 703 g/mol. The van der Waals surface area contributed by atoms with Gasteiger partial charge in [-0.05, 0) is 32.1 Å². The van der Waals surface area contributed by atoms with Gasteiger partial charge in [0, 0.05) is 12.8 Å². The van der Waals surface area contributed by atoms with Gasteiger partial charge in [0.1, 0.15) is 55.4 Å². The molecule has 7 N–H and O–H groups in total. The number of carbonyl (C=O) groups is 2. The molecule has 11 atom stereocenters. The predicted molar refractivity (Wildman–Crippen MR) is 173 cm³/mol. The van der Waals surface area contributed by atoms with Gasteiger partial charge in [0.15, 0.2) is 18.7 Å². The van der Waals surface area contributed by atoms with E-state index in [1.807, 2.05) is 18.2 Å². The maximum Gasteiger partial charge on any atom is 0.306 e. The van der Waals surface area contributed by atoms with Gasteiger partial charge in [-0.2, -0.15) is 0 Å². The number of aliphatic hydroxyl groups excluding tert-OH is 7. The minimum atomic E-state index is -1.77. The number of hydrogen-bond acceptors (Lipinski definition) is 15. The number of esters is 2. The van der Waals surface area contributed by atoms with Crippen molar-refractivity contribution in [1.29, 1.82) is 0 Å². The van der Waals surface area contributed by atoms with Gasteiger partial charge in [0.2, 0.25) is 0 Å². The zero-order valence-corrected chi connectivity index (χ0v) is 28.1. The number of ether oxygens (including phenoxy) is 6. The maximum absolute atomic E-state index is 12.6. The Morgan fingerprint density at radius 3 is 1.76 bits per heavy atom. The van der Waals surface area contributed by atoms with Crippen LogP contribution >= 0.6 is 0 Å². The second-order valence-electron chi connectivity index (χ2n) is 11.6. The summed E-state index contributed by atoms with van der Waals surface area (Å²) in [5.74, 6) is -1.13. The quantitative estimate of drug-likeness (QED) is 0.0620. The summed E-state index contributed by atoms with van der Waals surface area (Å²) in [6.07, 6.45) is 3.35. The summed E-state index contributed by atoms with van der Waals surface area (Å²) in [6, 6.07) is 0. The van der Waals surface area contributed by atoms with Crippen LogP contribution in [0.1, 0.15) is 58.8 Å². The van der Waals surface area contributed by atoms with Crippen molar-refractivity contribution >= 4 is 11.9 Å². The molecule has 49 heavy (non-hydrogen) atoms. The Kier molecular flexibility index (Phi) is 20.7. The van der Waals surface area contributed by atoms with Crippen LogP contribution in [0, 0.1) is 0 Å². The largest absolute Gasteiger partial charge is 0.462 e. The molecule has 2 fully saturated rings. The number of rotatable bonds is 21. The van der Waals surface area contributed by atoms with E-state index < -0.39 is 99.3 Å². The van der Waals surface area contributed by atoms with Crippen molar-refractivity contribution in [2.45, 2.75) is 126 Å². The molecule has 2 aliphatic rings. The van der Waals surface area contributed by atoms with Crippen molar-refractivity contribution in [2.24, 2.45) is 0 Å². The number of carbonyl (C=O) groups excluding carboxylic acids is 2. The van der Waals surface area contributed by atoms with Gasteiger partial charge in [0.05, 0.1) is 19.8 Å². The van der Waals surface area contributed by atoms with Crippen LogP contribution in [0.2, 0.25) is 0 Å². The molecule has 0 radical (unpaired) electrons. The third-order valence-electron chi connectivity index (χ3n) is 7.64. The normalized spacial score (nSPS) is 31.6. The topological polar surface area (TPSA) is 231 Å². The monoisotopic (exact) mass is 702 g/mol. The van der Waals surface area contributed by atoms with Crippen LogP contribution in [0.4, 0.5) is 0 Å². The molecule has 2 heterocycles. The molecule has 0 aliphatic carbocycles. The van der Waals surface area contributed by atoms with E-state index in [1.165, 1.54) is 0 Å². The predicted octanol–water partition coefficient (Wildman–Crippen LogP) is 0.0774. The van der Waals surface area contributed by atoms with Crippen LogP contribution in [0.25, 0.3) is 0 Å². The minimum absolute atomic E-state index is 0.0390. The second-order valence-corrected chi connectivity index (χ2v) is 11.6. The van der Waals surface area contributed by atoms with Crippen molar-refractivity contribution in [3.63, 3.8) is 0 Å². The molecule has 11 unspecified atom stereocenters. The molecule has 0 aromatic rings. The number of aliphatic hydroxyl groups is 7. The molecule has 2 rings (SSSR count). The van der Waals surface area contributed by atoms with Crippen LogP contribution in [0.3, 0.4) is 0 Å². The van der Waals surface area contributed by atoms with E-state index in [-0.39, 0.29) is 19.4 Å². The fourth-order valence-electron chi connectivity index (χ4n) is 4.74. The Morgan fingerprint density at radius 1 is 0.653 bits per heavy atom. The zero-order valence-electron chi connectivity index (χ0n) is 28.1. The summed E-state index contributed by atoms with van der Waals surface area (Å²) >= 11 is 0. The molecule has 0 aromatic carbocycles. The van der Waals surface area contributed by atoms with Crippen LogP contribution < -0.4 is 0 Å². The molecule has 15 heteroatoms. The molecule has 0 saturated carbocycles. The summed E-state index contributed by atoms with van der Waals surface area (Å²) in [4.78, 5) is 24.3. The molecule has 0 amide bonds. The van der Waals surface area contributed by atoms with Crippen LogP contribution in [-0.2, 0) is 38.0 Å². The lowest BCUT2D eigenvalue weighted by molar-refractivity contribution is -0.332. The highest BCUT2D eigenvalue weighted by molar-refractivity contribution is 5.70. The molecule has 2 aliphatic heterocycles. The first-order valence-electron chi connectivity index (χ1n) is 16.7. The van der Waals surface area contributed by atoms with E-state index >= 15 is 0 Å². The SMILES string of the molecule is CC/C=C\C/C=C\C/C=C\C/C=C\CCC(=O)OC(COC(=O)CC)COC1OC(COC2OC(CO)C(O)C(O)C2O)C(O)C(O)C1O. The summed E-state index contributed by atoms with van der Waals surface area (Å²) in [5.41, 5.74) is 0. The van der Waals surface area contributed by atoms with Crippen molar-refractivity contribution < 1.29 is 73.8 Å². The fourth-order valence-corrected chi connectivity index (χ4v) is 4.74. The Labute approximate surface area is 287 Å². The Bertz CT molecular complexity index is 1060. The van der Waals surface area contributed by atoms with Crippen LogP contribution in [-0.4, -0.2) is 142 Å². The minimum Gasteiger partial charge on any atom is -0.462 e. The Morgan fingerprint density at radius 2 is 1.18 bits per heavy atom. The summed E-state index contributed by atoms with van der Waals surface area (Å²) in [6.45, 7) is 1.69. The van der Waals surface area contributed by atoms with Crippen molar-refractivity contribution in [3.05, 3.63) is 48.6 Å². The molecular formula is C34H54O15. The number of allylic oxidation sites excluding steroid dienone is 8. The third-order valence-corrected chi connectivity index (χ3v) is 7.64. The molecule has 15 nitrogen and oxygen atoms in total. The lowest BCUT2D eigenvalue weighted by Gasteiger charge is -2.42. The second kappa shape index (κ2) is 23.8. The van der Waals surface area contributed by atoms with E-state index in [0.717, 1.165) is 19.3 Å². The standard InChI is InChI=1S/C34H54O15/c1-3-5-6-7-8-9-10-11-12-13-14-15-16-17-26(37)47-22(19-44-25(36)4-2)20-45-33-32(43)30(41)28(39)24(49-33)21-46-34-31(42)29(40)27(38)23(18-35)48-34/h5-6,8-9,11-12,14-15,22-24,27-35,38-43H,3-4,7,10,13,16-21H2,1-2H3/b6-5-,9-8-,12-11-,15-14-. The van der Waals surface area contributed by atoms with Crippen molar-refractivity contribution in [2.75, 3.05) is 26.4 Å². The van der Waals surface area contributed by atoms with Gasteiger partial charge in [0.25, 0.3) is 0 Å². The van der Waals surface area contributed by atoms with Gasteiger partial charge in [-0.1, -0.05) is 62.5 Å². The van der Waals surface area contributed by atoms with E-state index in [0.29, 0.717) is 12.8 Å². The molecule has 0 spiro atoms. The maximum atomic E-state index is 12.6. The highest BCUT2D eigenvalue weighted by Gasteiger charge is 2.47. The van der Waals surface area contributed by atoms with Crippen LogP contribution in [0.15, 0.2) is 48.6 Å². The fraction of sp³-hybridized carbons (Fsp3) is 0.706. The zero-order chi connectivity index (χ0) is 36.2. The van der Waals surface area contributed by atoms with Crippen molar-refractivity contribution in [1.82, 2.24) is 0 Å². The molecular weight excluding hydrogens is 648 g/mol. The van der Waals surface area contributed by atoms with Gasteiger partial charge >= 0.3 is 11.9 Å². The van der Waals surface area contributed by atoms with Gasteiger partial charge in [-0.15, -0.1) is 0 Å².